The highest BCUT2D eigenvalue weighted by Crippen LogP contribution is 2.33. The third-order valence-corrected chi connectivity index (χ3v) is 3.66. The molecule has 2 aliphatic heterocycles. The molecule has 0 radical (unpaired) electrons. The molecule has 0 aliphatic carbocycles. The number of rotatable bonds is 2. The zero-order valence-corrected chi connectivity index (χ0v) is 11.5. The first-order valence-electron chi connectivity index (χ1n) is 5.81. The van der Waals surface area contributed by atoms with Gasteiger partial charge < -0.3 is 14.4 Å². The molecule has 1 amide bonds. The van der Waals surface area contributed by atoms with Crippen molar-refractivity contribution >= 4 is 29.1 Å². The van der Waals surface area contributed by atoms with Crippen LogP contribution in [0.5, 0.6) is 0 Å². The minimum absolute atomic E-state index is 0.0798. The van der Waals surface area contributed by atoms with Crippen molar-refractivity contribution < 1.29 is 14.3 Å². The van der Waals surface area contributed by atoms with Gasteiger partial charge in [-0.1, -0.05) is 23.2 Å². The number of amides is 1. The quantitative estimate of drug-likeness (QED) is 0.726. The van der Waals surface area contributed by atoms with E-state index in [0.717, 1.165) is 19.4 Å². The van der Waals surface area contributed by atoms with E-state index in [2.05, 4.69) is 0 Å². The summed E-state index contributed by atoms with van der Waals surface area (Å²) < 4.78 is 11.5. The van der Waals surface area contributed by atoms with Crippen LogP contribution in [-0.2, 0) is 14.3 Å². The highest BCUT2D eigenvalue weighted by molar-refractivity contribution is 6.53. The lowest BCUT2D eigenvalue weighted by Crippen LogP contribution is -2.45. The second-order valence-electron chi connectivity index (χ2n) is 4.90. The Kier molecular flexibility index (Phi) is 3.88. The summed E-state index contributed by atoms with van der Waals surface area (Å²) in [5.74, 6) is -0.307. The summed E-state index contributed by atoms with van der Waals surface area (Å²) in [6.45, 7) is 4.95. The summed E-state index contributed by atoms with van der Waals surface area (Å²) in [6.07, 6.45) is 2.03. The average Bonchev–Trinajstić information content (AvgIpc) is 2.83. The number of hydrogen-bond acceptors (Lipinski definition) is 3. The first kappa shape index (κ1) is 13.4. The fourth-order valence-electron chi connectivity index (χ4n) is 2.43. The van der Waals surface area contributed by atoms with Crippen LogP contribution in [0.15, 0.2) is 0 Å². The van der Waals surface area contributed by atoms with Crippen molar-refractivity contribution in [1.29, 1.82) is 0 Å². The first-order chi connectivity index (χ1) is 7.92. The Balaban J connectivity index is 2.06. The maximum Gasteiger partial charge on any atom is 0.258 e. The van der Waals surface area contributed by atoms with Crippen molar-refractivity contribution in [1.82, 2.24) is 4.90 Å². The van der Waals surface area contributed by atoms with Crippen molar-refractivity contribution in [3.05, 3.63) is 0 Å². The van der Waals surface area contributed by atoms with Crippen LogP contribution < -0.4 is 0 Å². The van der Waals surface area contributed by atoms with Crippen molar-refractivity contribution in [3.63, 3.8) is 0 Å². The van der Waals surface area contributed by atoms with E-state index in [9.17, 15) is 4.79 Å². The van der Waals surface area contributed by atoms with E-state index in [1.54, 1.807) is 4.90 Å². The highest BCUT2D eigenvalue weighted by Gasteiger charge is 2.46. The Morgan fingerprint density at radius 1 is 1.41 bits per heavy atom. The predicted molar refractivity (Wildman–Crippen MR) is 65.1 cm³/mol. The number of carbonyl (C=O) groups excluding carboxylic acids is 1. The fraction of sp³-hybridized carbons (Fsp3) is 0.909. The third-order valence-electron chi connectivity index (χ3n) is 3.28. The first-order valence-corrected chi connectivity index (χ1v) is 6.68. The minimum Gasteiger partial charge on any atom is -0.375 e. The molecule has 17 heavy (non-hydrogen) atoms. The molecule has 2 rings (SSSR count). The van der Waals surface area contributed by atoms with Crippen molar-refractivity contribution in [3.8, 4) is 0 Å². The van der Waals surface area contributed by atoms with E-state index in [0.29, 0.717) is 6.54 Å². The number of halogens is 2. The second-order valence-corrected chi connectivity index (χ2v) is 6.00. The van der Waals surface area contributed by atoms with Crippen LogP contribution in [0.25, 0.3) is 0 Å². The zero-order valence-electron chi connectivity index (χ0n) is 9.99. The van der Waals surface area contributed by atoms with Crippen LogP contribution in [0.3, 0.4) is 0 Å². The molecule has 0 N–H and O–H groups in total. The van der Waals surface area contributed by atoms with Gasteiger partial charge in [-0.3, -0.25) is 4.79 Å². The lowest BCUT2D eigenvalue weighted by Gasteiger charge is -2.30. The lowest BCUT2D eigenvalue weighted by molar-refractivity contribution is -0.147. The molecule has 0 saturated carbocycles. The van der Waals surface area contributed by atoms with Gasteiger partial charge in [-0.25, -0.2) is 0 Å². The normalized spacial score (nSPS) is 32.4. The second kappa shape index (κ2) is 4.92. The van der Waals surface area contributed by atoms with Gasteiger partial charge >= 0.3 is 0 Å². The topological polar surface area (TPSA) is 38.8 Å². The minimum atomic E-state index is -1.04. The van der Waals surface area contributed by atoms with Gasteiger partial charge in [0.25, 0.3) is 5.91 Å². The van der Waals surface area contributed by atoms with Crippen molar-refractivity contribution in [2.45, 2.75) is 49.5 Å². The Labute approximate surface area is 111 Å². The zero-order chi connectivity index (χ0) is 12.6. The molecule has 2 saturated heterocycles. The van der Waals surface area contributed by atoms with E-state index in [-0.39, 0.29) is 18.1 Å². The monoisotopic (exact) mass is 281 g/mol. The van der Waals surface area contributed by atoms with Crippen LogP contribution >= 0.6 is 23.2 Å². The average molecular weight is 282 g/mol. The maximum atomic E-state index is 11.9. The van der Waals surface area contributed by atoms with E-state index in [4.69, 9.17) is 32.7 Å². The largest absolute Gasteiger partial charge is 0.375 e. The molecule has 0 aromatic carbocycles. The molecular formula is C11H17Cl2NO3. The van der Waals surface area contributed by atoms with Gasteiger partial charge in [0.1, 0.15) is 11.8 Å². The molecule has 2 unspecified atom stereocenters. The summed E-state index contributed by atoms with van der Waals surface area (Å²) in [7, 11) is 0. The summed E-state index contributed by atoms with van der Waals surface area (Å²) >= 11 is 11.3. The SMILES string of the molecule is CC1(C)OC(C2CCCO2)CN1C(=O)C(Cl)Cl. The van der Waals surface area contributed by atoms with Gasteiger partial charge in [0, 0.05) is 6.61 Å². The van der Waals surface area contributed by atoms with Gasteiger partial charge in [0.2, 0.25) is 0 Å². The molecule has 0 spiro atoms. The van der Waals surface area contributed by atoms with Crippen LogP contribution in [-0.4, -0.2) is 46.7 Å². The summed E-state index contributed by atoms with van der Waals surface area (Å²) in [5.41, 5.74) is -0.671. The third kappa shape index (κ3) is 2.70. The summed E-state index contributed by atoms with van der Waals surface area (Å²) in [4.78, 5) is 12.4. The van der Waals surface area contributed by atoms with Crippen molar-refractivity contribution in [2.75, 3.05) is 13.2 Å². The van der Waals surface area contributed by atoms with Crippen LogP contribution in [0.4, 0.5) is 0 Å². The molecule has 2 aliphatic rings. The number of alkyl halides is 2. The van der Waals surface area contributed by atoms with Gasteiger partial charge in [-0.15, -0.1) is 0 Å². The molecule has 2 heterocycles. The molecular weight excluding hydrogens is 265 g/mol. The molecule has 6 heteroatoms. The lowest BCUT2D eigenvalue weighted by atomic mass is 10.1. The van der Waals surface area contributed by atoms with Gasteiger partial charge in [-0.2, -0.15) is 0 Å². The van der Waals surface area contributed by atoms with Crippen molar-refractivity contribution in [2.24, 2.45) is 0 Å². The van der Waals surface area contributed by atoms with E-state index >= 15 is 0 Å². The summed E-state index contributed by atoms with van der Waals surface area (Å²) in [5, 5.41) is 0. The highest BCUT2D eigenvalue weighted by atomic mass is 35.5. The molecule has 2 fully saturated rings. The fourth-order valence-corrected chi connectivity index (χ4v) is 2.67. The molecule has 98 valence electrons. The molecule has 0 aromatic rings. The molecule has 0 aromatic heterocycles. The number of nitrogens with zero attached hydrogens (tertiary/aromatic N) is 1. The number of ether oxygens (including phenoxy) is 2. The standard InChI is InChI=1S/C11H17Cl2NO3/c1-11(2)14(10(15)9(12)13)6-8(17-11)7-4-3-5-16-7/h7-9H,3-6H2,1-2H3. The van der Waals surface area contributed by atoms with Crippen LogP contribution in [0.2, 0.25) is 0 Å². The van der Waals surface area contributed by atoms with Crippen LogP contribution in [0, 0.1) is 0 Å². The molecule has 4 nitrogen and oxygen atoms in total. The number of carbonyl (C=O) groups is 1. The Bertz CT molecular complexity index is 303. The van der Waals surface area contributed by atoms with E-state index in [1.807, 2.05) is 13.8 Å². The molecule has 0 bridgehead atoms. The Morgan fingerprint density at radius 3 is 2.65 bits per heavy atom. The van der Waals surface area contributed by atoms with Gasteiger partial charge in [0.15, 0.2) is 4.84 Å². The summed E-state index contributed by atoms with van der Waals surface area (Å²) in [6, 6.07) is 0. The smallest absolute Gasteiger partial charge is 0.258 e. The van der Waals surface area contributed by atoms with Gasteiger partial charge in [-0.05, 0) is 26.7 Å². The Morgan fingerprint density at radius 2 is 2.12 bits per heavy atom. The van der Waals surface area contributed by atoms with Crippen LogP contribution in [0.1, 0.15) is 26.7 Å². The Hall–Kier alpha value is -0.0300. The number of hydrogen-bond donors (Lipinski definition) is 0. The van der Waals surface area contributed by atoms with Gasteiger partial charge in [0.05, 0.1) is 12.6 Å². The predicted octanol–water partition coefficient (Wildman–Crippen LogP) is 1.93. The van der Waals surface area contributed by atoms with E-state index < -0.39 is 10.6 Å². The molecule has 2 atom stereocenters. The van der Waals surface area contributed by atoms with E-state index in [1.165, 1.54) is 0 Å². The maximum absolute atomic E-state index is 11.9.